The molecule has 0 radical (unpaired) electrons. The summed E-state index contributed by atoms with van der Waals surface area (Å²) in [5.74, 6) is 1.08. The highest BCUT2D eigenvalue weighted by Crippen LogP contribution is 2.20. The van der Waals surface area contributed by atoms with Crippen molar-refractivity contribution >= 4 is 11.8 Å². The van der Waals surface area contributed by atoms with Crippen molar-refractivity contribution in [3.05, 3.63) is 54.0 Å². The van der Waals surface area contributed by atoms with E-state index in [1.807, 2.05) is 18.0 Å². The smallest absolute Gasteiger partial charge is 0.0935 e. The summed E-state index contributed by atoms with van der Waals surface area (Å²) in [6.07, 6.45) is 5.78. The largest absolute Gasteiger partial charge is 0.472 e. The first-order valence-electron chi connectivity index (χ1n) is 7.22. The molecule has 1 unspecified atom stereocenters. The van der Waals surface area contributed by atoms with Crippen LogP contribution in [0.4, 0.5) is 0 Å². The van der Waals surface area contributed by atoms with Gasteiger partial charge in [-0.1, -0.05) is 24.6 Å². The SMILES string of the molecule is CCCNC(CSc1ccc(C)cc1)Cc1ccoc1. The van der Waals surface area contributed by atoms with Crippen LogP contribution in [0.25, 0.3) is 0 Å². The van der Waals surface area contributed by atoms with Gasteiger partial charge in [-0.15, -0.1) is 11.8 Å². The zero-order valence-electron chi connectivity index (χ0n) is 12.3. The van der Waals surface area contributed by atoms with Crippen LogP contribution in [0.3, 0.4) is 0 Å². The summed E-state index contributed by atoms with van der Waals surface area (Å²) in [6, 6.07) is 11.3. The third-order valence-electron chi connectivity index (χ3n) is 3.22. The number of thioether (sulfide) groups is 1. The topological polar surface area (TPSA) is 25.2 Å². The number of furan rings is 1. The number of benzene rings is 1. The predicted octanol–water partition coefficient (Wildman–Crippen LogP) is 4.29. The maximum Gasteiger partial charge on any atom is 0.0935 e. The van der Waals surface area contributed by atoms with Crippen molar-refractivity contribution in [2.75, 3.05) is 12.3 Å². The van der Waals surface area contributed by atoms with E-state index in [2.05, 4.69) is 49.5 Å². The van der Waals surface area contributed by atoms with Gasteiger partial charge in [-0.3, -0.25) is 0 Å². The summed E-state index contributed by atoms with van der Waals surface area (Å²) in [4.78, 5) is 1.34. The van der Waals surface area contributed by atoms with Gasteiger partial charge in [-0.25, -0.2) is 0 Å². The van der Waals surface area contributed by atoms with Crippen LogP contribution in [0, 0.1) is 6.92 Å². The van der Waals surface area contributed by atoms with Crippen molar-refractivity contribution in [2.45, 2.75) is 37.6 Å². The number of hydrogen-bond donors (Lipinski definition) is 1. The van der Waals surface area contributed by atoms with Crippen molar-refractivity contribution in [3.8, 4) is 0 Å². The van der Waals surface area contributed by atoms with Crippen molar-refractivity contribution in [3.63, 3.8) is 0 Å². The van der Waals surface area contributed by atoms with E-state index in [1.54, 1.807) is 6.26 Å². The Bertz CT molecular complexity index is 478. The Labute approximate surface area is 126 Å². The Balaban J connectivity index is 1.87. The molecule has 0 saturated carbocycles. The molecule has 0 amide bonds. The highest BCUT2D eigenvalue weighted by molar-refractivity contribution is 7.99. The first kappa shape index (κ1) is 15.2. The average Bonchev–Trinajstić information content (AvgIpc) is 2.96. The molecular weight excluding hydrogens is 266 g/mol. The molecule has 0 spiro atoms. The van der Waals surface area contributed by atoms with E-state index in [0.29, 0.717) is 6.04 Å². The number of nitrogens with one attached hydrogen (secondary N) is 1. The third kappa shape index (κ3) is 5.06. The molecule has 1 N–H and O–H groups in total. The van der Waals surface area contributed by atoms with Crippen molar-refractivity contribution in [1.29, 1.82) is 0 Å². The lowest BCUT2D eigenvalue weighted by Crippen LogP contribution is -2.33. The lowest BCUT2D eigenvalue weighted by molar-refractivity contribution is 0.536. The molecule has 0 aliphatic carbocycles. The van der Waals surface area contributed by atoms with Crippen LogP contribution in [-0.4, -0.2) is 18.3 Å². The Morgan fingerprint density at radius 2 is 2.00 bits per heavy atom. The van der Waals surface area contributed by atoms with E-state index in [0.717, 1.165) is 25.1 Å². The minimum absolute atomic E-state index is 0.485. The highest BCUT2D eigenvalue weighted by Gasteiger charge is 2.10. The molecule has 2 nitrogen and oxygen atoms in total. The minimum Gasteiger partial charge on any atom is -0.472 e. The van der Waals surface area contributed by atoms with Crippen LogP contribution >= 0.6 is 11.8 Å². The summed E-state index contributed by atoms with van der Waals surface area (Å²) < 4.78 is 5.16. The van der Waals surface area contributed by atoms with Gasteiger partial charge in [0.05, 0.1) is 12.5 Å². The normalized spacial score (nSPS) is 12.5. The summed E-state index contributed by atoms with van der Waals surface area (Å²) in [5, 5.41) is 3.63. The molecule has 2 aromatic rings. The van der Waals surface area contributed by atoms with E-state index in [4.69, 9.17) is 4.42 Å². The Kier molecular flexibility index (Phi) is 6.22. The second-order valence-electron chi connectivity index (χ2n) is 5.11. The summed E-state index contributed by atoms with van der Waals surface area (Å²) in [7, 11) is 0. The van der Waals surface area contributed by atoms with E-state index in [9.17, 15) is 0 Å². The van der Waals surface area contributed by atoms with E-state index < -0.39 is 0 Å². The lowest BCUT2D eigenvalue weighted by Gasteiger charge is -2.17. The van der Waals surface area contributed by atoms with E-state index in [1.165, 1.54) is 16.0 Å². The van der Waals surface area contributed by atoms with Gasteiger partial charge in [0, 0.05) is 16.7 Å². The van der Waals surface area contributed by atoms with Crippen LogP contribution in [0.5, 0.6) is 0 Å². The van der Waals surface area contributed by atoms with Gasteiger partial charge in [0.25, 0.3) is 0 Å². The first-order chi connectivity index (χ1) is 9.78. The Morgan fingerprint density at radius 3 is 2.65 bits per heavy atom. The molecule has 0 bridgehead atoms. The summed E-state index contributed by atoms with van der Waals surface area (Å²) in [5.41, 5.74) is 2.58. The minimum atomic E-state index is 0.485. The Morgan fingerprint density at radius 1 is 1.20 bits per heavy atom. The van der Waals surface area contributed by atoms with Crippen LogP contribution < -0.4 is 5.32 Å². The van der Waals surface area contributed by atoms with Crippen LogP contribution in [0.1, 0.15) is 24.5 Å². The molecule has 0 aliphatic heterocycles. The predicted molar refractivity (Wildman–Crippen MR) is 86.4 cm³/mol. The van der Waals surface area contributed by atoms with Gasteiger partial charge in [0.15, 0.2) is 0 Å². The van der Waals surface area contributed by atoms with Crippen LogP contribution in [0.2, 0.25) is 0 Å². The van der Waals surface area contributed by atoms with Gasteiger partial charge in [-0.2, -0.15) is 0 Å². The molecule has 1 aromatic heterocycles. The van der Waals surface area contributed by atoms with Gasteiger partial charge in [-0.05, 0) is 50.1 Å². The maximum atomic E-state index is 5.16. The van der Waals surface area contributed by atoms with Gasteiger partial charge in [0.1, 0.15) is 0 Å². The van der Waals surface area contributed by atoms with Crippen molar-refractivity contribution in [2.24, 2.45) is 0 Å². The fourth-order valence-corrected chi connectivity index (χ4v) is 3.02. The lowest BCUT2D eigenvalue weighted by atomic mass is 10.1. The second kappa shape index (κ2) is 8.18. The number of aryl methyl sites for hydroxylation is 1. The summed E-state index contributed by atoms with van der Waals surface area (Å²) in [6.45, 7) is 5.39. The molecule has 1 aromatic carbocycles. The highest BCUT2D eigenvalue weighted by atomic mass is 32.2. The van der Waals surface area contributed by atoms with Gasteiger partial charge >= 0.3 is 0 Å². The zero-order valence-corrected chi connectivity index (χ0v) is 13.1. The van der Waals surface area contributed by atoms with Crippen LogP contribution in [0.15, 0.2) is 52.2 Å². The van der Waals surface area contributed by atoms with Gasteiger partial charge in [0.2, 0.25) is 0 Å². The quantitative estimate of drug-likeness (QED) is 0.734. The number of hydrogen-bond acceptors (Lipinski definition) is 3. The average molecular weight is 289 g/mol. The maximum absolute atomic E-state index is 5.16. The molecule has 3 heteroatoms. The molecule has 20 heavy (non-hydrogen) atoms. The summed E-state index contributed by atoms with van der Waals surface area (Å²) >= 11 is 1.92. The fraction of sp³-hybridized carbons (Fsp3) is 0.412. The molecule has 0 saturated heterocycles. The monoisotopic (exact) mass is 289 g/mol. The van der Waals surface area contributed by atoms with Crippen LogP contribution in [-0.2, 0) is 6.42 Å². The molecule has 1 atom stereocenters. The molecule has 1 heterocycles. The molecule has 108 valence electrons. The van der Waals surface area contributed by atoms with E-state index in [-0.39, 0.29) is 0 Å². The van der Waals surface area contributed by atoms with Crippen molar-refractivity contribution in [1.82, 2.24) is 5.32 Å². The molecule has 2 rings (SSSR count). The van der Waals surface area contributed by atoms with Gasteiger partial charge < -0.3 is 9.73 Å². The third-order valence-corrected chi connectivity index (χ3v) is 4.39. The molecule has 0 fully saturated rings. The fourth-order valence-electron chi connectivity index (χ4n) is 2.06. The molecular formula is C17H23NOS. The second-order valence-corrected chi connectivity index (χ2v) is 6.20. The first-order valence-corrected chi connectivity index (χ1v) is 8.20. The van der Waals surface area contributed by atoms with Crippen molar-refractivity contribution < 1.29 is 4.42 Å². The Hall–Kier alpha value is -1.19. The molecule has 0 aliphatic rings. The van der Waals surface area contributed by atoms with E-state index >= 15 is 0 Å². The number of rotatable bonds is 8. The standard InChI is InChI=1S/C17H23NOS/c1-3-9-18-16(11-15-8-10-19-12-15)13-20-17-6-4-14(2)5-7-17/h4-8,10,12,16,18H,3,9,11,13H2,1-2H3. The zero-order chi connectivity index (χ0) is 14.2.